The number of benzene rings is 1. The van der Waals surface area contributed by atoms with E-state index in [4.69, 9.17) is 11.6 Å². The van der Waals surface area contributed by atoms with Crippen LogP contribution in [0.5, 0.6) is 0 Å². The van der Waals surface area contributed by atoms with E-state index in [1.54, 1.807) is 0 Å². The Hall–Kier alpha value is -1.48. The van der Waals surface area contributed by atoms with E-state index in [0.29, 0.717) is 16.1 Å². The number of rotatable bonds is 3. The molecule has 1 aromatic carbocycles. The van der Waals surface area contributed by atoms with Gasteiger partial charge in [-0.1, -0.05) is 23.7 Å². The Morgan fingerprint density at radius 3 is 2.44 bits per heavy atom. The zero-order valence-corrected chi connectivity index (χ0v) is 15.4. The predicted octanol–water partition coefficient (Wildman–Crippen LogP) is 5.16. The summed E-state index contributed by atoms with van der Waals surface area (Å²) in [5.74, 6) is 2.70. The third-order valence-electron chi connectivity index (χ3n) is 7.20. The van der Waals surface area contributed by atoms with E-state index in [-0.39, 0.29) is 11.9 Å². The van der Waals surface area contributed by atoms with Gasteiger partial charge >= 0.3 is 0 Å². The molecule has 1 heterocycles. The van der Waals surface area contributed by atoms with Crippen molar-refractivity contribution >= 4 is 28.4 Å². The number of aromatic amines is 1. The van der Waals surface area contributed by atoms with Crippen LogP contribution in [0, 0.1) is 23.2 Å². The molecule has 1 atom stereocenters. The van der Waals surface area contributed by atoms with Gasteiger partial charge in [-0.25, -0.2) is 0 Å². The Morgan fingerprint density at radius 1 is 1.20 bits per heavy atom. The average molecular weight is 357 g/mol. The van der Waals surface area contributed by atoms with Crippen LogP contribution in [-0.4, -0.2) is 16.9 Å². The number of halogens is 1. The van der Waals surface area contributed by atoms with E-state index in [1.165, 1.54) is 38.5 Å². The fourth-order valence-electron chi connectivity index (χ4n) is 6.38. The van der Waals surface area contributed by atoms with Crippen LogP contribution in [0.15, 0.2) is 24.3 Å². The molecule has 0 spiro atoms. The third kappa shape index (κ3) is 2.51. The summed E-state index contributed by atoms with van der Waals surface area (Å²) in [4.78, 5) is 16.0. The number of H-pyrrole nitrogens is 1. The van der Waals surface area contributed by atoms with Crippen molar-refractivity contribution in [1.29, 1.82) is 0 Å². The number of amides is 1. The smallest absolute Gasteiger partial charge is 0.267 e. The molecule has 6 rings (SSSR count). The van der Waals surface area contributed by atoms with Crippen molar-refractivity contribution in [2.75, 3.05) is 0 Å². The summed E-state index contributed by atoms with van der Waals surface area (Å²) in [6.45, 7) is 2.22. The number of nitrogens with one attached hydrogen (secondary N) is 2. The second-order valence-electron chi connectivity index (χ2n) is 8.86. The van der Waals surface area contributed by atoms with Gasteiger partial charge in [0.05, 0.1) is 10.5 Å². The molecule has 4 aliphatic rings. The van der Waals surface area contributed by atoms with Crippen molar-refractivity contribution in [1.82, 2.24) is 10.3 Å². The van der Waals surface area contributed by atoms with Crippen LogP contribution in [-0.2, 0) is 0 Å². The normalized spacial score (nSPS) is 34.4. The topological polar surface area (TPSA) is 44.9 Å². The number of carbonyl (C=O) groups is 1. The van der Waals surface area contributed by atoms with Crippen LogP contribution in [0.25, 0.3) is 10.9 Å². The van der Waals surface area contributed by atoms with Crippen LogP contribution in [0.2, 0.25) is 5.02 Å². The zero-order valence-electron chi connectivity index (χ0n) is 14.6. The van der Waals surface area contributed by atoms with Crippen LogP contribution >= 0.6 is 11.6 Å². The van der Waals surface area contributed by atoms with Crippen molar-refractivity contribution in [2.45, 2.75) is 51.5 Å². The van der Waals surface area contributed by atoms with Crippen LogP contribution < -0.4 is 5.32 Å². The molecule has 4 aliphatic carbocycles. The molecule has 0 aliphatic heterocycles. The quantitative estimate of drug-likeness (QED) is 0.784. The summed E-state index contributed by atoms with van der Waals surface area (Å²) in [5.41, 5.74) is 1.78. The number of hydrogen-bond acceptors (Lipinski definition) is 1. The summed E-state index contributed by atoms with van der Waals surface area (Å²) >= 11 is 6.23. The second-order valence-corrected chi connectivity index (χ2v) is 9.27. The maximum absolute atomic E-state index is 12.8. The summed E-state index contributed by atoms with van der Waals surface area (Å²) < 4.78 is 0. The minimum Gasteiger partial charge on any atom is -0.349 e. The fourth-order valence-corrected chi connectivity index (χ4v) is 6.61. The standard InChI is InChI=1S/C21H25ClN2O/c1-12(21-9-13-5-14(10-21)7-15(6-13)11-21)23-20(25)18-8-16-3-2-4-17(22)19(16)24-18/h2-4,8,12-15,24H,5-7,9-11H2,1H3,(H,23,25). The number of para-hydroxylation sites is 1. The zero-order chi connectivity index (χ0) is 17.2. The Balaban J connectivity index is 1.37. The molecule has 1 unspecified atom stereocenters. The molecule has 25 heavy (non-hydrogen) atoms. The molecule has 4 bridgehead atoms. The van der Waals surface area contributed by atoms with E-state index in [2.05, 4.69) is 17.2 Å². The highest BCUT2D eigenvalue weighted by molar-refractivity contribution is 6.35. The fraction of sp³-hybridized carbons (Fsp3) is 0.571. The second kappa shape index (κ2) is 5.51. The number of aromatic nitrogens is 1. The van der Waals surface area contributed by atoms with Crippen LogP contribution in [0.1, 0.15) is 55.9 Å². The summed E-state index contributed by atoms with van der Waals surface area (Å²) in [5, 5.41) is 4.96. The van der Waals surface area contributed by atoms with Gasteiger partial charge in [0.25, 0.3) is 5.91 Å². The number of fused-ring (bicyclic) bond motifs is 1. The van der Waals surface area contributed by atoms with Crippen LogP contribution in [0.4, 0.5) is 0 Å². The van der Waals surface area contributed by atoms with Crippen molar-refractivity contribution in [3.8, 4) is 0 Å². The van der Waals surface area contributed by atoms with Crippen LogP contribution in [0.3, 0.4) is 0 Å². The molecule has 2 aromatic rings. The Morgan fingerprint density at radius 2 is 1.84 bits per heavy atom. The van der Waals surface area contributed by atoms with E-state index in [0.717, 1.165) is 28.7 Å². The van der Waals surface area contributed by atoms with E-state index < -0.39 is 0 Å². The molecule has 2 N–H and O–H groups in total. The molecule has 0 radical (unpaired) electrons. The van der Waals surface area contributed by atoms with E-state index in [9.17, 15) is 4.79 Å². The summed E-state index contributed by atoms with van der Waals surface area (Å²) in [7, 11) is 0. The van der Waals surface area contributed by atoms with Gasteiger partial charge in [-0.15, -0.1) is 0 Å². The first-order chi connectivity index (χ1) is 12.0. The largest absolute Gasteiger partial charge is 0.349 e. The van der Waals surface area contributed by atoms with E-state index in [1.807, 2.05) is 24.3 Å². The molecular weight excluding hydrogens is 332 g/mol. The molecule has 3 nitrogen and oxygen atoms in total. The van der Waals surface area contributed by atoms with Gasteiger partial charge in [0, 0.05) is 11.4 Å². The maximum atomic E-state index is 12.8. The average Bonchev–Trinajstić information content (AvgIpc) is 2.99. The lowest BCUT2D eigenvalue weighted by Gasteiger charge is -2.59. The minimum absolute atomic E-state index is 0.00416. The van der Waals surface area contributed by atoms with Gasteiger partial charge in [0.15, 0.2) is 0 Å². The van der Waals surface area contributed by atoms with Gasteiger partial charge in [-0.2, -0.15) is 0 Å². The summed E-state index contributed by atoms with van der Waals surface area (Å²) in [6.07, 6.45) is 8.21. The lowest BCUT2D eigenvalue weighted by atomic mass is 9.48. The molecule has 4 fully saturated rings. The van der Waals surface area contributed by atoms with Gasteiger partial charge in [-0.3, -0.25) is 4.79 Å². The van der Waals surface area contributed by atoms with Crippen molar-refractivity contribution in [3.63, 3.8) is 0 Å². The van der Waals surface area contributed by atoms with Gasteiger partial charge in [0.1, 0.15) is 5.69 Å². The Bertz CT molecular complexity index is 804. The Kier molecular flexibility index (Phi) is 3.47. The molecule has 1 amide bonds. The highest BCUT2D eigenvalue weighted by Gasteiger charge is 2.53. The lowest BCUT2D eigenvalue weighted by molar-refractivity contribution is -0.0688. The van der Waals surface area contributed by atoms with Gasteiger partial charge in [-0.05, 0) is 80.8 Å². The molecular formula is C21H25ClN2O. The predicted molar refractivity (Wildman–Crippen MR) is 101 cm³/mol. The summed E-state index contributed by atoms with van der Waals surface area (Å²) in [6, 6.07) is 7.88. The highest BCUT2D eigenvalue weighted by Crippen LogP contribution is 2.61. The number of carbonyl (C=O) groups excluding carboxylic acids is 1. The van der Waals surface area contributed by atoms with Crippen molar-refractivity contribution in [2.24, 2.45) is 23.2 Å². The molecule has 4 saturated carbocycles. The monoisotopic (exact) mass is 356 g/mol. The Labute approximate surface area is 153 Å². The SMILES string of the molecule is CC(NC(=O)c1cc2cccc(Cl)c2[nH]1)C12CC3CC(CC(C3)C1)C2. The van der Waals surface area contributed by atoms with Gasteiger partial charge < -0.3 is 10.3 Å². The first-order valence-corrected chi connectivity index (χ1v) is 9.98. The first kappa shape index (κ1) is 15.7. The van der Waals surface area contributed by atoms with Crippen molar-refractivity contribution in [3.05, 3.63) is 35.0 Å². The molecule has 132 valence electrons. The first-order valence-electron chi connectivity index (χ1n) is 9.60. The minimum atomic E-state index is -0.00416. The maximum Gasteiger partial charge on any atom is 0.267 e. The molecule has 1 aromatic heterocycles. The third-order valence-corrected chi connectivity index (χ3v) is 7.52. The van der Waals surface area contributed by atoms with Gasteiger partial charge in [0.2, 0.25) is 0 Å². The van der Waals surface area contributed by atoms with Crippen molar-refractivity contribution < 1.29 is 4.79 Å². The van der Waals surface area contributed by atoms with E-state index >= 15 is 0 Å². The molecule has 0 saturated heterocycles. The lowest BCUT2D eigenvalue weighted by Crippen LogP contribution is -2.55. The molecule has 4 heteroatoms. The number of hydrogen-bond donors (Lipinski definition) is 2. The highest BCUT2D eigenvalue weighted by atomic mass is 35.5.